The fourth-order valence-corrected chi connectivity index (χ4v) is 2.01. The van der Waals surface area contributed by atoms with Crippen LogP contribution in [0.5, 0.6) is 0 Å². The SMILES string of the molecule is Fc1ccc(N=Cc2c(Cl)cccc2Cl)cc1Cl. The molecule has 0 aromatic heterocycles. The summed E-state index contributed by atoms with van der Waals surface area (Å²) in [6.45, 7) is 0. The van der Waals surface area contributed by atoms with Gasteiger partial charge in [0.1, 0.15) is 5.82 Å². The minimum absolute atomic E-state index is 0.0231. The van der Waals surface area contributed by atoms with Crippen LogP contribution in [0, 0.1) is 5.82 Å². The molecule has 92 valence electrons. The van der Waals surface area contributed by atoms with Crippen LogP contribution in [-0.4, -0.2) is 6.21 Å². The number of hydrogen-bond acceptors (Lipinski definition) is 1. The van der Waals surface area contributed by atoms with Gasteiger partial charge in [0.25, 0.3) is 0 Å². The van der Waals surface area contributed by atoms with Crippen LogP contribution in [0.2, 0.25) is 15.1 Å². The van der Waals surface area contributed by atoms with Crippen molar-refractivity contribution < 1.29 is 4.39 Å². The van der Waals surface area contributed by atoms with Crippen molar-refractivity contribution in [2.75, 3.05) is 0 Å². The molecule has 0 saturated heterocycles. The average Bonchev–Trinajstić information content (AvgIpc) is 2.33. The monoisotopic (exact) mass is 301 g/mol. The third-order valence-electron chi connectivity index (χ3n) is 2.25. The van der Waals surface area contributed by atoms with Crippen LogP contribution >= 0.6 is 34.8 Å². The summed E-state index contributed by atoms with van der Waals surface area (Å²) in [6, 6.07) is 9.37. The molecule has 0 unspecified atom stereocenters. The van der Waals surface area contributed by atoms with Crippen molar-refractivity contribution >= 4 is 46.7 Å². The number of rotatable bonds is 2. The Balaban J connectivity index is 2.33. The van der Waals surface area contributed by atoms with Crippen molar-refractivity contribution in [3.05, 3.63) is 62.8 Å². The fourth-order valence-electron chi connectivity index (χ4n) is 1.34. The number of aliphatic imine (C=N–C) groups is 1. The Morgan fingerprint density at radius 2 is 1.61 bits per heavy atom. The summed E-state index contributed by atoms with van der Waals surface area (Å²) < 4.78 is 13.0. The van der Waals surface area contributed by atoms with Crippen molar-refractivity contribution in [3.63, 3.8) is 0 Å². The van der Waals surface area contributed by atoms with Gasteiger partial charge < -0.3 is 0 Å². The van der Waals surface area contributed by atoms with E-state index in [4.69, 9.17) is 34.8 Å². The molecule has 0 amide bonds. The van der Waals surface area contributed by atoms with Gasteiger partial charge in [0.2, 0.25) is 0 Å². The minimum atomic E-state index is -0.480. The zero-order valence-corrected chi connectivity index (χ0v) is 11.3. The molecule has 1 nitrogen and oxygen atoms in total. The van der Waals surface area contributed by atoms with Crippen molar-refractivity contribution in [1.29, 1.82) is 0 Å². The van der Waals surface area contributed by atoms with Crippen LogP contribution in [0.4, 0.5) is 10.1 Å². The van der Waals surface area contributed by atoms with Crippen LogP contribution in [-0.2, 0) is 0 Å². The molecular weight excluding hydrogens is 296 g/mol. The van der Waals surface area contributed by atoms with Crippen LogP contribution in [0.3, 0.4) is 0 Å². The molecule has 5 heteroatoms. The molecule has 2 rings (SSSR count). The second-order valence-corrected chi connectivity index (χ2v) is 4.71. The van der Waals surface area contributed by atoms with E-state index < -0.39 is 5.82 Å². The Labute approximate surface area is 119 Å². The lowest BCUT2D eigenvalue weighted by Crippen LogP contribution is -1.84. The Morgan fingerprint density at radius 3 is 2.22 bits per heavy atom. The molecule has 0 spiro atoms. The summed E-state index contributed by atoms with van der Waals surface area (Å²) >= 11 is 17.6. The molecule has 0 heterocycles. The van der Waals surface area contributed by atoms with Crippen molar-refractivity contribution in [2.45, 2.75) is 0 Å². The number of hydrogen-bond donors (Lipinski definition) is 0. The lowest BCUT2D eigenvalue weighted by Gasteiger charge is -2.01. The highest BCUT2D eigenvalue weighted by Gasteiger charge is 2.03. The molecule has 0 atom stereocenters. The normalized spacial score (nSPS) is 11.1. The molecule has 0 aliphatic carbocycles. The van der Waals surface area contributed by atoms with Crippen LogP contribution in [0.1, 0.15) is 5.56 Å². The van der Waals surface area contributed by atoms with Crippen molar-refractivity contribution in [1.82, 2.24) is 0 Å². The highest BCUT2D eigenvalue weighted by Crippen LogP contribution is 2.25. The van der Waals surface area contributed by atoms with E-state index in [1.54, 1.807) is 18.2 Å². The van der Waals surface area contributed by atoms with E-state index in [-0.39, 0.29) is 5.02 Å². The number of benzene rings is 2. The predicted octanol–water partition coefficient (Wildman–Crippen LogP) is 5.54. The Bertz CT molecular complexity index is 591. The molecule has 18 heavy (non-hydrogen) atoms. The standard InChI is InChI=1S/C13H7Cl3FN/c14-10-2-1-3-11(15)9(10)7-18-8-4-5-13(17)12(16)6-8/h1-7H. The number of nitrogens with zero attached hydrogens (tertiary/aromatic N) is 1. The molecular formula is C13H7Cl3FN. The maximum absolute atomic E-state index is 13.0. The van der Waals surface area contributed by atoms with Gasteiger partial charge in [-0.05, 0) is 30.3 Å². The number of halogens is 4. The first-order valence-electron chi connectivity index (χ1n) is 5.01. The largest absolute Gasteiger partial charge is 0.256 e. The van der Waals surface area contributed by atoms with Crippen LogP contribution in [0.15, 0.2) is 41.4 Å². The Hall–Kier alpha value is -1.09. The average molecular weight is 303 g/mol. The third kappa shape index (κ3) is 3.02. The lowest BCUT2D eigenvalue weighted by atomic mass is 10.2. The first-order chi connectivity index (χ1) is 8.58. The molecule has 0 saturated carbocycles. The van der Waals surface area contributed by atoms with Gasteiger partial charge in [-0.2, -0.15) is 0 Å². The summed E-state index contributed by atoms with van der Waals surface area (Å²) in [4.78, 5) is 4.16. The summed E-state index contributed by atoms with van der Waals surface area (Å²) in [5.41, 5.74) is 1.14. The third-order valence-corrected chi connectivity index (χ3v) is 3.19. The Morgan fingerprint density at radius 1 is 0.944 bits per heavy atom. The first kappa shape index (κ1) is 13.3. The molecule has 0 bridgehead atoms. The minimum Gasteiger partial charge on any atom is -0.256 e. The highest BCUT2D eigenvalue weighted by atomic mass is 35.5. The first-order valence-corrected chi connectivity index (χ1v) is 6.14. The van der Waals surface area contributed by atoms with Gasteiger partial charge in [0.05, 0.1) is 20.8 Å². The van der Waals surface area contributed by atoms with Gasteiger partial charge in [-0.25, -0.2) is 4.39 Å². The van der Waals surface area contributed by atoms with Gasteiger partial charge in [0.15, 0.2) is 0 Å². The molecule has 0 fully saturated rings. The van der Waals surface area contributed by atoms with E-state index >= 15 is 0 Å². The Kier molecular flexibility index (Phi) is 4.23. The van der Waals surface area contributed by atoms with Crippen molar-refractivity contribution in [3.8, 4) is 0 Å². The van der Waals surface area contributed by atoms with Gasteiger partial charge in [-0.3, -0.25) is 4.99 Å². The predicted molar refractivity (Wildman–Crippen MR) is 75.1 cm³/mol. The van der Waals surface area contributed by atoms with Gasteiger partial charge in [-0.1, -0.05) is 40.9 Å². The maximum atomic E-state index is 13.0. The summed E-state index contributed by atoms with van der Waals surface area (Å²) in [5.74, 6) is -0.480. The fraction of sp³-hybridized carbons (Fsp3) is 0. The van der Waals surface area contributed by atoms with Crippen LogP contribution in [0.25, 0.3) is 0 Å². The van der Waals surface area contributed by atoms with E-state index in [9.17, 15) is 4.39 Å². The van der Waals surface area contributed by atoms with Gasteiger partial charge >= 0.3 is 0 Å². The summed E-state index contributed by atoms with van der Waals surface area (Å²) in [5, 5.41) is 1.02. The second-order valence-electron chi connectivity index (χ2n) is 3.49. The van der Waals surface area contributed by atoms with Gasteiger partial charge in [0, 0.05) is 11.8 Å². The molecule has 2 aromatic rings. The summed E-state index contributed by atoms with van der Waals surface area (Å²) in [6.07, 6.45) is 1.52. The highest BCUT2D eigenvalue weighted by molar-refractivity contribution is 6.38. The quantitative estimate of drug-likeness (QED) is 0.646. The summed E-state index contributed by atoms with van der Waals surface area (Å²) in [7, 11) is 0. The smallest absolute Gasteiger partial charge is 0.141 e. The van der Waals surface area contributed by atoms with Crippen LogP contribution < -0.4 is 0 Å². The topological polar surface area (TPSA) is 12.4 Å². The molecule has 2 aromatic carbocycles. The maximum Gasteiger partial charge on any atom is 0.141 e. The lowest BCUT2D eigenvalue weighted by molar-refractivity contribution is 0.628. The van der Waals surface area contributed by atoms with Gasteiger partial charge in [-0.15, -0.1) is 0 Å². The molecule has 0 radical (unpaired) electrons. The van der Waals surface area contributed by atoms with E-state index in [2.05, 4.69) is 4.99 Å². The second kappa shape index (κ2) is 5.70. The molecule has 0 N–H and O–H groups in total. The molecule has 0 aliphatic heterocycles. The van der Waals surface area contributed by atoms with E-state index in [0.29, 0.717) is 21.3 Å². The van der Waals surface area contributed by atoms with E-state index in [1.807, 2.05) is 0 Å². The van der Waals surface area contributed by atoms with E-state index in [1.165, 1.54) is 24.4 Å². The zero-order valence-electron chi connectivity index (χ0n) is 9.00. The van der Waals surface area contributed by atoms with E-state index in [0.717, 1.165) is 0 Å². The van der Waals surface area contributed by atoms with Crippen molar-refractivity contribution in [2.24, 2.45) is 4.99 Å². The molecule has 0 aliphatic rings. The zero-order chi connectivity index (χ0) is 13.1.